The molecule has 308 valence electrons. The van der Waals surface area contributed by atoms with Gasteiger partial charge in [0.05, 0.1) is 33.9 Å². The van der Waals surface area contributed by atoms with Crippen LogP contribution in [0.4, 0.5) is 5.69 Å². The monoisotopic (exact) mass is 822 g/mol. The maximum atomic E-state index is 10.1. The summed E-state index contributed by atoms with van der Waals surface area (Å²) in [6.07, 6.45) is 9.87. The second-order valence-electron chi connectivity index (χ2n) is 17.1. The van der Waals surface area contributed by atoms with E-state index >= 15 is 0 Å². The highest BCUT2D eigenvalue weighted by Crippen LogP contribution is 2.38. The SMILES string of the molecule is CC(C)N=C1C=CC=C(N(C2=CC=C(c3c4ccccc4cc4ccccc34)C(=N)C2=NC(C)C)c2ccc(-c3ccc(-c4nc5ccccc5o4)cc3)c3c2=NC(C)(C)N=3)C1=N. The number of para-hydroxylation sites is 2. The number of allylic oxidation sites excluding steroid dienone is 8. The molecule has 0 radical (unpaired) electrons. The topological polar surface area (TPSA) is 126 Å². The molecule has 6 aromatic carbocycles. The first-order valence-electron chi connectivity index (χ1n) is 21.4. The van der Waals surface area contributed by atoms with Gasteiger partial charge in [-0.3, -0.25) is 30.8 Å². The Morgan fingerprint density at radius 3 is 2.00 bits per heavy atom. The Bertz CT molecular complexity index is 3320. The van der Waals surface area contributed by atoms with Crippen molar-refractivity contribution in [3.8, 4) is 22.6 Å². The van der Waals surface area contributed by atoms with Crippen molar-refractivity contribution in [3.05, 3.63) is 173 Å². The van der Waals surface area contributed by atoms with Crippen molar-refractivity contribution < 1.29 is 4.42 Å². The summed E-state index contributed by atoms with van der Waals surface area (Å²) < 4.78 is 6.09. The van der Waals surface area contributed by atoms with E-state index in [9.17, 15) is 10.8 Å². The lowest BCUT2D eigenvalue weighted by Crippen LogP contribution is -2.42. The van der Waals surface area contributed by atoms with Gasteiger partial charge in [0.2, 0.25) is 5.89 Å². The van der Waals surface area contributed by atoms with Crippen LogP contribution in [0, 0.1) is 10.8 Å². The van der Waals surface area contributed by atoms with Gasteiger partial charge in [-0.25, -0.2) is 4.98 Å². The van der Waals surface area contributed by atoms with Gasteiger partial charge in [0, 0.05) is 28.8 Å². The Balaban J connectivity index is 1.18. The molecule has 2 N–H and O–H groups in total. The number of anilines is 1. The van der Waals surface area contributed by atoms with Crippen molar-refractivity contribution in [3.63, 3.8) is 0 Å². The van der Waals surface area contributed by atoms with Crippen LogP contribution in [-0.2, 0) is 0 Å². The number of fused-ring (bicyclic) bond motifs is 4. The normalized spacial score (nSPS) is 17.1. The molecule has 9 nitrogen and oxygen atoms in total. The molecule has 1 aliphatic heterocycles. The van der Waals surface area contributed by atoms with Gasteiger partial charge in [0.15, 0.2) is 5.58 Å². The number of aromatic nitrogens is 1. The molecule has 2 aliphatic carbocycles. The average molecular weight is 823 g/mol. The third-order valence-electron chi connectivity index (χ3n) is 11.4. The Kier molecular flexibility index (Phi) is 9.63. The quantitative estimate of drug-likeness (QED) is 0.117. The van der Waals surface area contributed by atoms with Crippen molar-refractivity contribution in [2.24, 2.45) is 20.0 Å². The van der Waals surface area contributed by atoms with Crippen molar-refractivity contribution in [2.75, 3.05) is 4.90 Å². The summed E-state index contributed by atoms with van der Waals surface area (Å²) in [7, 11) is 0. The molecule has 0 spiro atoms. The van der Waals surface area contributed by atoms with Crippen LogP contribution < -0.4 is 15.6 Å². The maximum Gasteiger partial charge on any atom is 0.227 e. The third kappa shape index (κ3) is 7.05. The lowest BCUT2D eigenvalue weighted by molar-refractivity contribution is 0.549. The highest BCUT2D eigenvalue weighted by atomic mass is 16.3. The lowest BCUT2D eigenvalue weighted by Gasteiger charge is -2.34. The van der Waals surface area contributed by atoms with E-state index in [0.717, 1.165) is 71.5 Å². The lowest BCUT2D eigenvalue weighted by atomic mass is 9.85. The van der Waals surface area contributed by atoms with Crippen molar-refractivity contribution in [1.29, 1.82) is 10.8 Å². The van der Waals surface area contributed by atoms with Crippen molar-refractivity contribution >= 4 is 66.8 Å². The van der Waals surface area contributed by atoms with Crippen LogP contribution in [-0.4, -0.2) is 45.6 Å². The summed E-state index contributed by atoms with van der Waals surface area (Å²) in [5.74, 6) is 0.563. The second kappa shape index (κ2) is 15.4. The number of benzene rings is 6. The Hall–Kier alpha value is -7.65. The van der Waals surface area contributed by atoms with E-state index < -0.39 is 5.66 Å². The van der Waals surface area contributed by atoms with Gasteiger partial charge in [-0.05, 0) is 141 Å². The number of hydrogen-bond donors (Lipinski definition) is 2. The Morgan fingerprint density at radius 2 is 1.30 bits per heavy atom. The fourth-order valence-electron chi connectivity index (χ4n) is 8.72. The van der Waals surface area contributed by atoms with Crippen LogP contribution in [0.3, 0.4) is 0 Å². The molecule has 0 unspecified atom stereocenters. The maximum absolute atomic E-state index is 10.1. The number of nitrogens with one attached hydrogen (secondary N) is 2. The molecule has 3 aliphatic rings. The average Bonchev–Trinajstić information content (AvgIpc) is 3.85. The summed E-state index contributed by atoms with van der Waals surface area (Å²) in [4.78, 5) is 27.4. The standard InChI is InChI=1S/C54H46N8O/c1-31(2)57-42-19-13-20-43(49(42)56)62(44-29-27-40(48(55)51(44)58-32(3)4)47-37-16-9-7-14-35(37)30-36-15-8-10-17-38(36)47)45-28-26-39(50-52(45)61-54(5,6)60-50)33-22-24-34(25-23-33)53-59-41-18-11-12-21-46(41)63-53/h7-32,55-56H,1-6H3. The molecule has 9 heteroatoms. The molecule has 2 heterocycles. The molecule has 0 atom stereocenters. The molecule has 0 fully saturated rings. The fourth-order valence-corrected chi connectivity index (χ4v) is 8.72. The van der Waals surface area contributed by atoms with Gasteiger partial charge in [0.25, 0.3) is 0 Å². The highest BCUT2D eigenvalue weighted by Gasteiger charge is 2.34. The van der Waals surface area contributed by atoms with E-state index in [4.69, 9.17) is 29.4 Å². The zero-order chi connectivity index (χ0) is 43.6. The molecule has 1 aromatic heterocycles. The Labute approximate surface area is 365 Å². The smallest absolute Gasteiger partial charge is 0.227 e. The van der Waals surface area contributed by atoms with Crippen molar-refractivity contribution in [1.82, 2.24) is 4.98 Å². The number of rotatable bonds is 8. The molecule has 0 bridgehead atoms. The number of hydrogen-bond acceptors (Lipinski definition) is 9. The molecule has 10 rings (SSSR count). The van der Waals surface area contributed by atoms with Crippen LogP contribution in [0.15, 0.2) is 181 Å². The van der Waals surface area contributed by atoms with Gasteiger partial charge in [-0.15, -0.1) is 0 Å². The summed E-state index contributed by atoms with van der Waals surface area (Å²) in [6, 6.07) is 38.9. The van der Waals surface area contributed by atoms with E-state index in [-0.39, 0.29) is 17.8 Å². The van der Waals surface area contributed by atoms with Gasteiger partial charge in [-0.1, -0.05) is 78.9 Å². The summed E-state index contributed by atoms with van der Waals surface area (Å²) in [6.45, 7) is 12.1. The zero-order valence-electron chi connectivity index (χ0n) is 36.1. The van der Waals surface area contributed by atoms with Gasteiger partial charge >= 0.3 is 0 Å². The van der Waals surface area contributed by atoms with E-state index in [1.54, 1.807) is 0 Å². The number of nitrogens with zero attached hydrogens (tertiary/aromatic N) is 6. The van der Waals surface area contributed by atoms with E-state index in [2.05, 4.69) is 84.9 Å². The largest absolute Gasteiger partial charge is 0.436 e. The highest BCUT2D eigenvalue weighted by molar-refractivity contribution is 6.64. The van der Waals surface area contributed by atoms with Gasteiger partial charge in [0.1, 0.15) is 28.0 Å². The Morgan fingerprint density at radius 1 is 0.651 bits per heavy atom. The molecule has 0 amide bonds. The molecule has 63 heavy (non-hydrogen) atoms. The minimum atomic E-state index is -0.763. The van der Waals surface area contributed by atoms with Crippen LogP contribution in [0.2, 0.25) is 0 Å². The zero-order valence-corrected chi connectivity index (χ0v) is 36.1. The van der Waals surface area contributed by atoms with Gasteiger partial charge < -0.3 is 9.32 Å². The fraction of sp³-hybridized carbons (Fsp3) is 0.167. The molecule has 7 aromatic rings. The summed E-state index contributed by atoms with van der Waals surface area (Å²) in [5.41, 5.74) is 8.98. The molecular weight excluding hydrogens is 777 g/mol. The first-order valence-corrected chi connectivity index (χ1v) is 21.4. The molecule has 0 saturated heterocycles. The summed E-state index contributed by atoms with van der Waals surface area (Å²) in [5, 5.41) is 25.6. The van der Waals surface area contributed by atoms with E-state index in [1.807, 2.05) is 107 Å². The predicted octanol–water partition coefficient (Wildman–Crippen LogP) is 11.4. The molecular formula is C54H46N8O. The first kappa shape index (κ1) is 39.5. The van der Waals surface area contributed by atoms with Crippen LogP contribution in [0.1, 0.15) is 47.1 Å². The summed E-state index contributed by atoms with van der Waals surface area (Å²) >= 11 is 0. The van der Waals surface area contributed by atoms with E-state index in [1.165, 1.54) is 0 Å². The van der Waals surface area contributed by atoms with E-state index in [0.29, 0.717) is 39.8 Å². The minimum Gasteiger partial charge on any atom is -0.436 e. The van der Waals surface area contributed by atoms with Crippen LogP contribution in [0.5, 0.6) is 0 Å². The third-order valence-corrected chi connectivity index (χ3v) is 11.4. The predicted molar refractivity (Wildman–Crippen MR) is 259 cm³/mol. The molecule has 0 saturated carbocycles. The van der Waals surface area contributed by atoms with Crippen molar-refractivity contribution in [2.45, 2.75) is 59.3 Å². The van der Waals surface area contributed by atoms with Crippen LogP contribution in [0.25, 0.3) is 60.8 Å². The number of oxazole rings is 1. The first-order chi connectivity index (χ1) is 30.4. The van der Waals surface area contributed by atoms with Crippen LogP contribution >= 0.6 is 0 Å². The second-order valence-corrected chi connectivity index (χ2v) is 17.1. The van der Waals surface area contributed by atoms with Gasteiger partial charge in [-0.2, -0.15) is 0 Å². The number of aliphatic imine (C=N–C) groups is 2. The minimum absolute atomic E-state index is 0.0221.